The summed E-state index contributed by atoms with van der Waals surface area (Å²) < 4.78 is 37.1. The molecular formula is C12H15F3N2. The molecule has 1 heterocycles. The van der Waals surface area contributed by atoms with Crippen LogP contribution in [0.4, 0.5) is 13.2 Å². The Hall–Kier alpha value is -1.07. The lowest BCUT2D eigenvalue weighted by Crippen LogP contribution is -2.56. The fraction of sp³-hybridized carbons (Fsp3) is 0.500. The summed E-state index contributed by atoms with van der Waals surface area (Å²) in [4.78, 5) is 2.15. The SMILES string of the molecule is CC(c1ccc(C(F)(F)F)cc1)N1CC(N)C1. The highest BCUT2D eigenvalue weighted by molar-refractivity contribution is 5.26. The topological polar surface area (TPSA) is 29.3 Å². The third-order valence-corrected chi connectivity index (χ3v) is 3.21. The zero-order valence-corrected chi connectivity index (χ0v) is 9.54. The second-order valence-electron chi connectivity index (χ2n) is 4.51. The van der Waals surface area contributed by atoms with E-state index in [0.29, 0.717) is 0 Å². The summed E-state index contributed by atoms with van der Waals surface area (Å²) in [5, 5.41) is 0. The number of alkyl halides is 3. The van der Waals surface area contributed by atoms with Crippen LogP contribution in [-0.4, -0.2) is 24.0 Å². The number of benzene rings is 1. The minimum atomic E-state index is -4.26. The average molecular weight is 244 g/mol. The summed E-state index contributed by atoms with van der Waals surface area (Å²) in [6.07, 6.45) is -4.26. The van der Waals surface area contributed by atoms with Crippen LogP contribution in [0.15, 0.2) is 24.3 Å². The molecule has 17 heavy (non-hydrogen) atoms. The van der Waals surface area contributed by atoms with Crippen LogP contribution in [0.25, 0.3) is 0 Å². The molecule has 0 aliphatic carbocycles. The van der Waals surface area contributed by atoms with Crippen molar-refractivity contribution in [1.29, 1.82) is 0 Å². The molecule has 2 nitrogen and oxygen atoms in total. The Morgan fingerprint density at radius 1 is 1.24 bits per heavy atom. The van der Waals surface area contributed by atoms with Gasteiger partial charge in [-0.25, -0.2) is 0 Å². The van der Waals surface area contributed by atoms with Crippen LogP contribution in [0.3, 0.4) is 0 Å². The Morgan fingerprint density at radius 3 is 2.18 bits per heavy atom. The molecule has 2 N–H and O–H groups in total. The van der Waals surface area contributed by atoms with E-state index in [1.807, 2.05) is 6.92 Å². The van der Waals surface area contributed by atoms with E-state index in [1.165, 1.54) is 12.1 Å². The van der Waals surface area contributed by atoms with Crippen molar-refractivity contribution in [3.8, 4) is 0 Å². The molecule has 94 valence electrons. The van der Waals surface area contributed by atoms with Crippen LogP contribution < -0.4 is 5.73 Å². The lowest BCUT2D eigenvalue weighted by atomic mass is 10.00. The number of hydrogen-bond acceptors (Lipinski definition) is 2. The maximum absolute atomic E-state index is 12.4. The predicted molar refractivity (Wildman–Crippen MR) is 59.4 cm³/mol. The maximum Gasteiger partial charge on any atom is 0.416 e. The Bertz CT molecular complexity index is 380. The van der Waals surface area contributed by atoms with E-state index < -0.39 is 11.7 Å². The Labute approximate surface area is 98.2 Å². The van der Waals surface area contributed by atoms with E-state index in [4.69, 9.17) is 5.73 Å². The average Bonchev–Trinajstić information content (AvgIpc) is 2.23. The van der Waals surface area contributed by atoms with Gasteiger partial charge < -0.3 is 5.73 Å². The quantitative estimate of drug-likeness (QED) is 0.865. The number of halogens is 3. The highest BCUT2D eigenvalue weighted by Crippen LogP contribution is 2.31. The highest BCUT2D eigenvalue weighted by atomic mass is 19.4. The van der Waals surface area contributed by atoms with Crippen molar-refractivity contribution < 1.29 is 13.2 Å². The number of likely N-dealkylation sites (tertiary alicyclic amines) is 1. The molecule has 1 aromatic rings. The molecule has 1 saturated heterocycles. The van der Waals surface area contributed by atoms with Gasteiger partial charge in [-0.15, -0.1) is 0 Å². The molecule has 0 bridgehead atoms. The first-order chi connectivity index (χ1) is 7.88. The first-order valence-corrected chi connectivity index (χ1v) is 5.54. The number of nitrogens with two attached hydrogens (primary N) is 1. The molecule has 0 saturated carbocycles. The molecule has 2 rings (SSSR count). The number of rotatable bonds is 2. The van der Waals surface area contributed by atoms with Gasteiger partial charge in [0.15, 0.2) is 0 Å². The highest BCUT2D eigenvalue weighted by Gasteiger charge is 2.31. The van der Waals surface area contributed by atoms with Gasteiger partial charge in [0.2, 0.25) is 0 Å². The first kappa shape index (κ1) is 12.4. The Balaban J connectivity index is 2.07. The van der Waals surface area contributed by atoms with Crippen LogP contribution >= 0.6 is 0 Å². The van der Waals surface area contributed by atoms with Gasteiger partial charge in [-0.1, -0.05) is 12.1 Å². The van der Waals surface area contributed by atoms with Crippen molar-refractivity contribution >= 4 is 0 Å². The summed E-state index contributed by atoms with van der Waals surface area (Å²) >= 11 is 0. The number of hydrogen-bond donors (Lipinski definition) is 1. The van der Waals surface area contributed by atoms with Crippen LogP contribution in [0.5, 0.6) is 0 Å². The molecule has 0 spiro atoms. The van der Waals surface area contributed by atoms with Crippen LogP contribution in [-0.2, 0) is 6.18 Å². The Morgan fingerprint density at radius 2 is 1.76 bits per heavy atom. The molecule has 1 atom stereocenters. The summed E-state index contributed by atoms with van der Waals surface area (Å²) in [5.74, 6) is 0. The van der Waals surface area contributed by atoms with E-state index in [1.54, 1.807) is 0 Å². The van der Waals surface area contributed by atoms with Gasteiger partial charge in [-0.05, 0) is 24.6 Å². The fourth-order valence-corrected chi connectivity index (χ4v) is 2.03. The van der Waals surface area contributed by atoms with E-state index in [0.717, 1.165) is 30.8 Å². The van der Waals surface area contributed by atoms with Crippen LogP contribution in [0.2, 0.25) is 0 Å². The van der Waals surface area contributed by atoms with E-state index in [9.17, 15) is 13.2 Å². The summed E-state index contributed by atoms with van der Waals surface area (Å²) in [6, 6.07) is 5.66. The molecule has 1 aliphatic rings. The molecule has 5 heteroatoms. The van der Waals surface area contributed by atoms with E-state index in [2.05, 4.69) is 4.90 Å². The van der Waals surface area contributed by atoms with E-state index >= 15 is 0 Å². The Kier molecular flexibility index (Phi) is 3.14. The minimum absolute atomic E-state index is 0.122. The van der Waals surface area contributed by atoms with Crippen molar-refractivity contribution in [2.45, 2.75) is 25.2 Å². The van der Waals surface area contributed by atoms with Crippen molar-refractivity contribution in [3.05, 3.63) is 35.4 Å². The zero-order valence-electron chi connectivity index (χ0n) is 9.54. The third kappa shape index (κ3) is 2.61. The lowest BCUT2D eigenvalue weighted by molar-refractivity contribution is -0.137. The second kappa shape index (κ2) is 4.31. The van der Waals surface area contributed by atoms with Gasteiger partial charge in [0.05, 0.1) is 5.56 Å². The van der Waals surface area contributed by atoms with Gasteiger partial charge in [-0.3, -0.25) is 4.90 Å². The van der Waals surface area contributed by atoms with Gasteiger partial charge >= 0.3 is 6.18 Å². The van der Waals surface area contributed by atoms with Gasteiger partial charge in [0.25, 0.3) is 0 Å². The van der Waals surface area contributed by atoms with Gasteiger partial charge in [-0.2, -0.15) is 13.2 Å². The predicted octanol–water partition coefficient (Wildman–Crippen LogP) is 2.41. The largest absolute Gasteiger partial charge is 0.416 e. The molecule has 1 unspecified atom stereocenters. The molecule has 0 aromatic heterocycles. The number of nitrogens with zero attached hydrogens (tertiary/aromatic N) is 1. The van der Waals surface area contributed by atoms with Crippen LogP contribution in [0, 0.1) is 0 Å². The molecule has 0 radical (unpaired) electrons. The summed E-state index contributed by atoms with van der Waals surface area (Å²) in [7, 11) is 0. The molecule has 1 aromatic carbocycles. The zero-order chi connectivity index (χ0) is 12.6. The van der Waals surface area contributed by atoms with E-state index in [-0.39, 0.29) is 12.1 Å². The monoisotopic (exact) mass is 244 g/mol. The maximum atomic E-state index is 12.4. The molecule has 1 aliphatic heterocycles. The van der Waals surface area contributed by atoms with Crippen LogP contribution in [0.1, 0.15) is 24.1 Å². The lowest BCUT2D eigenvalue weighted by Gasteiger charge is -2.41. The van der Waals surface area contributed by atoms with Crippen molar-refractivity contribution in [1.82, 2.24) is 4.90 Å². The van der Waals surface area contributed by atoms with Gasteiger partial charge in [0.1, 0.15) is 0 Å². The standard InChI is InChI=1S/C12H15F3N2/c1-8(17-6-11(16)7-17)9-2-4-10(5-3-9)12(13,14)15/h2-5,8,11H,6-7,16H2,1H3. The second-order valence-corrected chi connectivity index (χ2v) is 4.51. The summed E-state index contributed by atoms with van der Waals surface area (Å²) in [6.45, 7) is 3.60. The van der Waals surface area contributed by atoms with Gasteiger partial charge in [0, 0.05) is 25.2 Å². The van der Waals surface area contributed by atoms with Crippen molar-refractivity contribution in [3.63, 3.8) is 0 Å². The van der Waals surface area contributed by atoms with Crippen molar-refractivity contribution in [2.24, 2.45) is 5.73 Å². The normalized spacial score (nSPS) is 20.1. The third-order valence-electron chi connectivity index (χ3n) is 3.21. The molecule has 0 amide bonds. The minimum Gasteiger partial charge on any atom is -0.325 e. The fourth-order valence-electron chi connectivity index (χ4n) is 2.03. The molecule has 1 fully saturated rings. The smallest absolute Gasteiger partial charge is 0.325 e. The molecular weight excluding hydrogens is 229 g/mol. The van der Waals surface area contributed by atoms with Crippen molar-refractivity contribution in [2.75, 3.05) is 13.1 Å². The first-order valence-electron chi connectivity index (χ1n) is 5.54. The summed E-state index contributed by atoms with van der Waals surface area (Å²) in [5.41, 5.74) is 5.97.